The molecule has 13 heavy (non-hydrogen) atoms. The molecule has 0 saturated heterocycles. The number of benzene rings is 1. The zero-order valence-corrected chi connectivity index (χ0v) is 12.2. The molecule has 0 radical (unpaired) electrons. The van der Waals surface area contributed by atoms with E-state index in [1.807, 2.05) is 12.1 Å². The Kier molecular flexibility index (Phi) is 6.57. The summed E-state index contributed by atoms with van der Waals surface area (Å²) in [6.07, 6.45) is 0. The van der Waals surface area contributed by atoms with Crippen LogP contribution in [-0.2, 0) is 25.2 Å². The minimum Gasteiger partial charge on any atom is -0.385 e. The van der Waals surface area contributed by atoms with Crippen LogP contribution in [0, 0.1) is 6.92 Å². The van der Waals surface area contributed by atoms with E-state index in [9.17, 15) is 0 Å². The van der Waals surface area contributed by atoms with Crippen LogP contribution in [0.25, 0.3) is 0 Å². The summed E-state index contributed by atoms with van der Waals surface area (Å²) in [7, 11) is 0. The third-order valence-electron chi connectivity index (χ3n) is 1.63. The molecule has 4 heteroatoms. The number of aryl methyl sites for hydroxylation is 1. The third kappa shape index (κ3) is 4.75. The summed E-state index contributed by atoms with van der Waals surface area (Å²) < 4.78 is 0.512. The van der Waals surface area contributed by atoms with Crippen molar-refractivity contribution in [2.24, 2.45) is 5.73 Å². The molecule has 2 N–H and O–H groups in total. The molecule has 1 rings (SSSR count). The minimum atomic E-state index is 0. The normalized spacial score (nSPS) is 9.00. The number of hydrogen-bond acceptors (Lipinski definition) is 2. The molecule has 0 fully saturated rings. The van der Waals surface area contributed by atoms with E-state index in [-0.39, 0.29) is 19.5 Å². The number of thioether (sulfide) groups is 1. The standard InChI is InChI=1S/C9H11NS2.Zn/c1-7-4-2-3-5-8(7)6-12-9(10)11;/h2-5H,6H2,1H3,(H2,10,11);. The maximum Gasteiger partial charge on any atom is 0.131 e. The number of nitrogens with two attached hydrogens (primary N) is 1. The summed E-state index contributed by atoms with van der Waals surface area (Å²) in [5.41, 5.74) is 7.98. The van der Waals surface area contributed by atoms with Gasteiger partial charge in [0.1, 0.15) is 4.32 Å². The first kappa shape index (κ1) is 13.1. The third-order valence-corrected chi connectivity index (χ3v) is 2.72. The van der Waals surface area contributed by atoms with Gasteiger partial charge < -0.3 is 5.73 Å². The molecule has 0 bridgehead atoms. The van der Waals surface area contributed by atoms with Gasteiger partial charge in [0.2, 0.25) is 0 Å². The molecule has 0 saturated carbocycles. The zero-order chi connectivity index (χ0) is 8.97. The second-order valence-electron chi connectivity index (χ2n) is 2.53. The molecule has 0 atom stereocenters. The Morgan fingerprint density at radius 3 is 2.62 bits per heavy atom. The average Bonchev–Trinajstić information content (AvgIpc) is 2.03. The first-order valence-corrected chi connectivity index (χ1v) is 5.06. The predicted molar refractivity (Wildman–Crippen MR) is 59.3 cm³/mol. The molecule has 0 aliphatic rings. The van der Waals surface area contributed by atoms with Gasteiger partial charge in [-0.25, -0.2) is 0 Å². The smallest absolute Gasteiger partial charge is 0.131 e. The van der Waals surface area contributed by atoms with Crippen LogP contribution in [0.1, 0.15) is 11.1 Å². The summed E-state index contributed by atoms with van der Waals surface area (Å²) in [5, 5.41) is 0. The fraction of sp³-hybridized carbons (Fsp3) is 0.222. The summed E-state index contributed by atoms with van der Waals surface area (Å²) in [5.74, 6) is 0.877. The number of hydrogen-bond donors (Lipinski definition) is 1. The Balaban J connectivity index is 0.00000144. The second-order valence-corrected chi connectivity index (χ2v) is 4.25. The zero-order valence-electron chi connectivity index (χ0n) is 7.62. The number of rotatable bonds is 2. The van der Waals surface area contributed by atoms with E-state index < -0.39 is 0 Å². The van der Waals surface area contributed by atoms with E-state index >= 15 is 0 Å². The van der Waals surface area contributed by atoms with E-state index in [1.54, 1.807) is 0 Å². The van der Waals surface area contributed by atoms with Crippen molar-refractivity contribution in [2.75, 3.05) is 0 Å². The second kappa shape index (κ2) is 6.52. The summed E-state index contributed by atoms with van der Waals surface area (Å²) in [6, 6.07) is 8.25. The van der Waals surface area contributed by atoms with Crippen molar-refractivity contribution in [1.82, 2.24) is 0 Å². The maximum absolute atomic E-state index is 5.38. The van der Waals surface area contributed by atoms with Crippen LogP contribution >= 0.6 is 24.0 Å². The molecule has 1 aromatic rings. The van der Waals surface area contributed by atoms with E-state index in [2.05, 4.69) is 19.1 Å². The van der Waals surface area contributed by atoms with Gasteiger partial charge in [-0.15, -0.1) is 0 Å². The molecule has 0 aliphatic heterocycles. The van der Waals surface area contributed by atoms with Gasteiger partial charge in [-0.1, -0.05) is 48.2 Å². The van der Waals surface area contributed by atoms with Crippen molar-refractivity contribution in [3.8, 4) is 0 Å². The van der Waals surface area contributed by atoms with E-state index in [0.717, 1.165) is 5.75 Å². The SMILES string of the molecule is Cc1ccccc1CSC(N)=S.[Zn]. The van der Waals surface area contributed by atoms with Gasteiger partial charge in [-0.05, 0) is 18.1 Å². The molecule has 66 valence electrons. The monoisotopic (exact) mass is 261 g/mol. The summed E-state index contributed by atoms with van der Waals surface area (Å²) in [6.45, 7) is 2.09. The van der Waals surface area contributed by atoms with Gasteiger partial charge in [0.05, 0.1) is 0 Å². The number of thiocarbonyl (C=S) groups is 1. The van der Waals surface area contributed by atoms with Crippen LogP contribution in [0.15, 0.2) is 24.3 Å². The fourth-order valence-electron chi connectivity index (χ4n) is 0.921. The Morgan fingerprint density at radius 1 is 1.46 bits per heavy atom. The molecular weight excluding hydrogens is 252 g/mol. The van der Waals surface area contributed by atoms with Crippen molar-refractivity contribution in [2.45, 2.75) is 12.7 Å². The molecular formula is C9H11NS2Zn. The largest absolute Gasteiger partial charge is 0.385 e. The van der Waals surface area contributed by atoms with Crippen molar-refractivity contribution in [3.05, 3.63) is 35.4 Å². The van der Waals surface area contributed by atoms with Crippen molar-refractivity contribution in [1.29, 1.82) is 0 Å². The maximum atomic E-state index is 5.38. The fourth-order valence-corrected chi connectivity index (χ4v) is 1.72. The Bertz CT molecular complexity index is 289. The van der Waals surface area contributed by atoms with Gasteiger partial charge in [0, 0.05) is 25.2 Å². The Hall–Kier alpha value is 0.0834. The molecule has 1 aromatic carbocycles. The van der Waals surface area contributed by atoms with Crippen molar-refractivity contribution < 1.29 is 19.5 Å². The van der Waals surface area contributed by atoms with E-state index in [4.69, 9.17) is 18.0 Å². The summed E-state index contributed by atoms with van der Waals surface area (Å²) >= 11 is 6.29. The topological polar surface area (TPSA) is 26.0 Å². The Labute approximate surface area is 101 Å². The van der Waals surface area contributed by atoms with Crippen LogP contribution < -0.4 is 5.73 Å². The van der Waals surface area contributed by atoms with Gasteiger partial charge in [-0.3, -0.25) is 0 Å². The van der Waals surface area contributed by atoms with Crippen LogP contribution in [0.5, 0.6) is 0 Å². The summed E-state index contributed by atoms with van der Waals surface area (Å²) in [4.78, 5) is 0. The Morgan fingerprint density at radius 2 is 2.08 bits per heavy atom. The van der Waals surface area contributed by atoms with Crippen LogP contribution in [0.3, 0.4) is 0 Å². The van der Waals surface area contributed by atoms with Crippen LogP contribution in [0.4, 0.5) is 0 Å². The van der Waals surface area contributed by atoms with Crippen LogP contribution in [0.2, 0.25) is 0 Å². The quantitative estimate of drug-likeness (QED) is 0.655. The van der Waals surface area contributed by atoms with E-state index in [0.29, 0.717) is 4.32 Å². The molecule has 1 nitrogen and oxygen atoms in total. The van der Waals surface area contributed by atoms with Gasteiger partial charge in [0.25, 0.3) is 0 Å². The van der Waals surface area contributed by atoms with Gasteiger partial charge >= 0.3 is 0 Å². The molecule has 0 aromatic heterocycles. The van der Waals surface area contributed by atoms with E-state index in [1.165, 1.54) is 22.9 Å². The minimum absolute atomic E-state index is 0. The molecule has 0 amide bonds. The molecule has 0 spiro atoms. The predicted octanol–water partition coefficient (Wildman–Crippen LogP) is 2.47. The average molecular weight is 263 g/mol. The molecule has 0 aliphatic carbocycles. The van der Waals surface area contributed by atoms with Crippen molar-refractivity contribution >= 4 is 28.3 Å². The molecule has 0 unspecified atom stereocenters. The van der Waals surface area contributed by atoms with Crippen molar-refractivity contribution in [3.63, 3.8) is 0 Å². The molecule has 0 heterocycles. The first-order valence-electron chi connectivity index (χ1n) is 3.67. The van der Waals surface area contributed by atoms with Gasteiger partial charge in [-0.2, -0.15) is 0 Å². The first-order chi connectivity index (χ1) is 5.70. The van der Waals surface area contributed by atoms with Crippen LogP contribution in [-0.4, -0.2) is 4.32 Å². The van der Waals surface area contributed by atoms with Gasteiger partial charge in [0.15, 0.2) is 0 Å².